The maximum Gasteiger partial charge on any atom is 0.181 e. The average Bonchev–Trinajstić information content (AvgIpc) is 3.16. The number of benzene rings is 1. The number of fused-ring (bicyclic) bond motifs is 1. The van der Waals surface area contributed by atoms with Crippen LogP contribution < -0.4 is 0 Å². The van der Waals surface area contributed by atoms with E-state index in [0.717, 1.165) is 22.9 Å². The molecule has 4 aromatic rings. The van der Waals surface area contributed by atoms with Crippen molar-refractivity contribution in [2.24, 2.45) is 7.05 Å². The van der Waals surface area contributed by atoms with Crippen molar-refractivity contribution < 1.29 is 0 Å². The molecule has 0 spiro atoms. The summed E-state index contributed by atoms with van der Waals surface area (Å²) >= 11 is 0. The summed E-state index contributed by atoms with van der Waals surface area (Å²) in [6.45, 7) is 0. The summed E-state index contributed by atoms with van der Waals surface area (Å²) < 4.78 is 4.02. The minimum absolute atomic E-state index is 0.840. The highest BCUT2D eigenvalue weighted by Gasteiger charge is 2.12. The topological polar surface area (TPSA) is 51.4 Å². The summed E-state index contributed by atoms with van der Waals surface area (Å²) in [5, 5.41) is 1.18. The first kappa shape index (κ1) is 11.0. The lowest BCUT2D eigenvalue weighted by Gasteiger charge is -2.08. The molecule has 0 saturated carbocycles. The van der Waals surface area contributed by atoms with Crippen molar-refractivity contribution in [3.8, 4) is 17.3 Å². The third kappa shape index (κ3) is 1.56. The van der Waals surface area contributed by atoms with Crippen LogP contribution >= 0.6 is 0 Å². The normalized spacial score (nSPS) is 11.2. The van der Waals surface area contributed by atoms with E-state index in [9.17, 15) is 0 Å². The maximum absolute atomic E-state index is 4.44. The molecule has 0 aliphatic carbocycles. The number of aryl methyl sites for hydroxylation is 1. The van der Waals surface area contributed by atoms with Gasteiger partial charge in [0.2, 0.25) is 0 Å². The minimum Gasteiger partial charge on any atom is -0.361 e. The van der Waals surface area contributed by atoms with Gasteiger partial charge < -0.3 is 9.55 Å². The number of hydrogen-bond acceptors (Lipinski definition) is 2. The van der Waals surface area contributed by atoms with Gasteiger partial charge >= 0.3 is 0 Å². The average molecular weight is 263 g/mol. The zero-order valence-electron chi connectivity index (χ0n) is 11.0. The fraction of sp³-hybridized carbons (Fsp3) is 0.0667. The zero-order valence-corrected chi connectivity index (χ0v) is 11.0. The smallest absolute Gasteiger partial charge is 0.181 e. The maximum atomic E-state index is 4.44. The fourth-order valence-electron chi connectivity index (χ4n) is 2.45. The molecule has 1 N–H and O–H groups in total. The molecule has 0 unspecified atom stereocenters. The van der Waals surface area contributed by atoms with E-state index < -0.39 is 0 Å². The van der Waals surface area contributed by atoms with E-state index in [0.29, 0.717) is 0 Å². The lowest BCUT2D eigenvalue weighted by atomic mass is 10.2. The quantitative estimate of drug-likeness (QED) is 0.604. The monoisotopic (exact) mass is 263 g/mol. The lowest BCUT2D eigenvalue weighted by molar-refractivity contribution is 0.897. The highest BCUT2D eigenvalue weighted by molar-refractivity contribution is 5.81. The molecule has 5 nitrogen and oxygen atoms in total. The summed E-state index contributed by atoms with van der Waals surface area (Å²) in [7, 11) is 1.97. The van der Waals surface area contributed by atoms with E-state index in [4.69, 9.17) is 0 Å². The van der Waals surface area contributed by atoms with Gasteiger partial charge in [-0.15, -0.1) is 0 Å². The molecular formula is C15H13N5. The fourth-order valence-corrected chi connectivity index (χ4v) is 2.45. The molecule has 20 heavy (non-hydrogen) atoms. The van der Waals surface area contributed by atoms with Crippen LogP contribution in [0.15, 0.2) is 55.2 Å². The number of H-pyrrole nitrogens is 1. The second-order valence-electron chi connectivity index (χ2n) is 4.73. The second kappa shape index (κ2) is 4.09. The highest BCUT2D eigenvalue weighted by Crippen LogP contribution is 2.22. The van der Waals surface area contributed by atoms with Gasteiger partial charge in [0.05, 0.1) is 0 Å². The van der Waals surface area contributed by atoms with Crippen LogP contribution in [0.25, 0.3) is 28.2 Å². The predicted octanol–water partition coefficient (Wildman–Crippen LogP) is 2.75. The first-order valence-corrected chi connectivity index (χ1v) is 6.41. The SMILES string of the molecule is Cn1ccnc1-c1nccn1-c1ccc2[nH]ccc2c1. The van der Waals surface area contributed by atoms with Crippen LogP contribution in [-0.4, -0.2) is 24.1 Å². The number of aromatic nitrogens is 5. The van der Waals surface area contributed by atoms with Gasteiger partial charge in [-0.3, -0.25) is 4.57 Å². The van der Waals surface area contributed by atoms with Crippen LogP contribution in [0.5, 0.6) is 0 Å². The number of aromatic amines is 1. The van der Waals surface area contributed by atoms with E-state index in [1.807, 2.05) is 30.2 Å². The Hall–Kier alpha value is -2.82. The van der Waals surface area contributed by atoms with Gasteiger partial charge in [-0.25, -0.2) is 9.97 Å². The third-order valence-electron chi connectivity index (χ3n) is 3.48. The van der Waals surface area contributed by atoms with Gasteiger partial charge in [0, 0.05) is 54.6 Å². The van der Waals surface area contributed by atoms with Crippen LogP contribution in [0.2, 0.25) is 0 Å². The molecule has 4 rings (SSSR count). The Bertz CT molecular complexity index is 880. The third-order valence-corrected chi connectivity index (χ3v) is 3.48. The van der Waals surface area contributed by atoms with E-state index in [1.54, 1.807) is 12.4 Å². The number of nitrogens with one attached hydrogen (secondary N) is 1. The summed E-state index contributed by atoms with van der Waals surface area (Å²) in [4.78, 5) is 12.0. The number of imidazole rings is 2. The molecule has 0 amide bonds. The number of nitrogens with zero attached hydrogens (tertiary/aromatic N) is 4. The molecule has 0 aliphatic rings. The zero-order chi connectivity index (χ0) is 13.5. The molecule has 0 radical (unpaired) electrons. The first-order chi connectivity index (χ1) is 9.83. The molecule has 0 saturated heterocycles. The summed E-state index contributed by atoms with van der Waals surface area (Å²) in [6, 6.07) is 8.36. The van der Waals surface area contributed by atoms with E-state index in [1.165, 1.54) is 5.39 Å². The summed E-state index contributed by atoms with van der Waals surface area (Å²) in [5.74, 6) is 1.69. The Labute approximate surface area is 115 Å². The summed E-state index contributed by atoms with van der Waals surface area (Å²) in [5.41, 5.74) is 2.21. The van der Waals surface area contributed by atoms with Crippen LogP contribution in [0.3, 0.4) is 0 Å². The molecule has 0 fully saturated rings. The van der Waals surface area contributed by atoms with Crippen LogP contribution in [-0.2, 0) is 7.05 Å². The van der Waals surface area contributed by atoms with Gasteiger partial charge in [0.1, 0.15) is 0 Å². The standard InChI is InChI=1S/C15H13N5/c1-19-8-6-17-14(19)15-18-7-9-20(15)12-2-3-13-11(10-12)4-5-16-13/h2-10,16H,1H3. The van der Waals surface area contributed by atoms with E-state index in [2.05, 4.69) is 43.8 Å². The van der Waals surface area contributed by atoms with Crippen molar-refractivity contribution in [1.29, 1.82) is 0 Å². The Morgan fingerprint density at radius 2 is 1.85 bits per heavy atom. The number of hydrogen-bond donors (Lipinski definition) is 1. The molecule has 3 heterocycles. The molecule has 5 heteroatoms. The first-order valence-electron chi connectivity index (χ1n) is 6.41. The van der Waals surface area contributed by atoms with Gasteiger partial charge in [0.15, 0.2) is 11.6 Å². The van der Waals surface area contributed by atoms with Gasteiger partial charge in [0.25, 0.3) is 0 Å². The predicted molar refractivity (Wildman–Crippen MR) is 77.6 cm³/mol. The van der Waals surface area contributed by atoms with Crippen LogP contribution in [0.1, 0.15) is 0 Å². The van der Waals surface area contributed by atoms with Crippen molar-refractivity contribution in [1.82, 2.24) is 24.1 Å². The van der Waals surface area contributed by atoms with Gasteiger partial charge in [-0.2, -0.15) is 0 Å². The lowest BCUT2D eigenvalue weighted by Crippen LogP contribution is -2.00. The van der Waals surface area contributed by atoms with E-state index >= 15 is 0 Å². The van der Waals surface area contributed by atoms with Crippen molar-refractivity contribution in [3.05, 3.63) is 55.2 Å². The van der Waals surface area contributed by atoms with Crippen molar-refractivity contribution in [3.63, 3.8) is 0 Å². The largest absolute Gasteiger partial charge is 0.361 e. The molecule has 0 aliphatic heterocycles. The van der Waals surface area contributed by atoms with Crippen molar-refractivity contribution in [2.75, 3.05) is 0 Å². The van der Waals surface area contributed by atoms with Crippen LogP contribution in [0, 0.1) is 0 Å². The molecule has 98 valence electrons. The molecule has 0 bridgehead atoms. The molecular weight excluding hydrogens is 250 g/mol. The van der Waals surface area contributed by atoms with Gasteiger partial charge in [-0.1, -0.05) is 0 Å². The van der Waals surface area contributed by atoms with Gasteiger partial charge in [-0.05, 0) is 24.3 Å². The van der Waals surface area contributed by atoms with Crippen molar-refractivity contribution in [2.45, 2.75) is 0 Å². The molecule has 1 aromatic carbocycles. The molecule has 3 aromatic heterocycles. The van der Waals surface area contributed by atoms with Crippen molar-refractivity contribution >= 4 is 10.9 Å². The Morgan fingerprint density at radius 3 is 2.70 bits per heavy atom. The second-order valence-corrected chi connectivity index (χ2v) is 4.73. The number of rotatable bonds is 2. The van der Waals surface area contributed by atoms with Crippen LogP contribution in [0.4, 0.5) is 0 Å². The Kier molecular flexibility index (Phi) is 2.26. The van der Waals surface area contributed by atoms with E-state index in [-0.39, 0.29) is 0 Å². The minimum atomic E-state index is 0.840. The Morgan fingerprint density at radius 1 is 1.00 bits per heavy atom. The molecule has 0 atom stereocenters. The summed E-state index contributed by atoms with van der Waals surface area (Å²) in [6.07, 6.45) is 9.40. The highest BCUT2D eigenvalue weighted by atomic mass is 15.1. The Balaban J connectivity index is 1.90.